The molecular formula is C26H29N3O6. The first kappa shape index (κ1) is 23.2. The maximum Gasteiger partial charge on any atom is 0.325 e. The van der Waals surface area contributed by atoms with Gasteiger partial charge in [0, 0.05) is 25.2 Å². The van der Waals surface area contributed by atoms with Gasteiger partial charge in [-0.05, 0) is 49.9 Å². The van der Waals surface area contributed by atoms with Crippen molar-refractivity contribution in [3.05, 3.63) is 59.2 Å². The van der Waals surface area contributed by atoms with Crippen molar-refractivity contribution in [1.29, 1.82) is 0 Å². The highest BCUT2D eigenvalue weighted by Crippen LogP contribution is 2.40. The molecule has 3 aliphatic heterocycles. The number of aryl methyl sites for hydroxylation is 1. The van der Waals surface area contributed by atoms with E-state index in [0.717, 1.165) is 28.9 Å². The number of hydrogen-bond acceptors (Lipinski definition) is 6. The highest BCUT2D eigenvalue weighted by Gasteiger charge is 2.49. The molecule has 5 rings (SSSR count). The lowest BCUT2D eigenvalue weighted by molar-refractivity contribution is -0.134. The molecule has 35 heavy (non-hydrogen) atoms. The van der Waals surface area contributed by atoms with Crippen LogP contribution in [0.15, 0.2) is 42.5 Å². The largest absolute Gasteiger partial charge is 0.454 e. The summed E-state index contributed by atoms with van der Waals surface area (Å²) in [7, 11) is 0. The van der Waals surface area contributed by atoms with Gasteiger partial charge in [-0.2, -0.15) is 0 Å². The Bertz CT molecular complexity index is 1160. The molecule has 2 saturated heterocycles. The topological polar surface area (TPSA) is 106 Å². The van der Waals surface area contributed by atoms with Crippen molar-refractivity contribution in [2.45, 2.75) is 37.6 Å². The van der Waals surface area contributed by atoms with E-state index in [2.05, 4.69) is 10.6 Å². The van der Waals surface area contributed by atoms with Gasteiger partial charge in [-0.15, -0.1) is 0 Å². The van der Waals surface area contributed by atoms with Crippen molar-refractivity contribution in [1.82, 2.24) is 15.5 Å². The molecule has 2 aromatic carbocycles. The fourth-order valence-corrected chi connectivity index (χ4v) is 4.95. The lowest BCUT2D eigenvalue weighted by Crippen LogP contribution is -2.48. The monoisotopic (exact) mass is 479 g/mol. The molecule has 0 bridgehead atoms. The van der Waals surface area contributed by atoms with Crippen molar-refractivity contribution in [3.63, 3.8) is 0 Å². The first-order chi connectivity index (χ1) is 16.8. The minimum atomic E-state index is -1.21. The summed E-state index contributed by atoms with van der Waals surface area (Å²) < 4.78 is 16.6. The summed E-state index contributed by atoms with van der Waals surface area (Å²) in [6.45, 7) is 4.96. The Hall–Kier alpha value is -3.59. The number of urea groups is 1. The van der Waals surface area contributed by atoms with Crippen LogP contribution in [0.4, 0.5) is 4.79 Å². The Morgan fingerprint density at radius 3 is 2.46 bits per heavy atom. The van der Waals surface area contributed by atoms with E-state index in [4.69, 9.17) is 14.2 Å². The lowest BCUT2D eigenvalue weighted by atomic mass is 9.74. The molecule has 0 aromatic heterocycles. The fourth-order valence-electron chi connectivity index (χ4n) is 4.95. The second-order valence-corrected chi connectivity index (χ2v) is 9.55. The van der Waals surface area contributed by atoms with Crippen LogP contribution < -0.4 is 20.1 Å². The van der Waals surface area contributed by atoms with Crippen molar-refractivity contribution in [2.75, 3.05) is 33.1 Å². The number of rotatable bonds is 6. The summed E-state index contributed by atoms with van der Waals surface area (Å²) in [6, 6.07) is 12.7. The number of ether oxygens (including phenoxy) is 3. The second kappa shape index (κ2) is 8.88. The normalized spacial score (nSPS) is 22.7. The number of imide groups is 1. The minimum Gasteiger partial charge on any atom is -0.454 e. The Kier molecular flexibility index (Phi) is 5.88. The Morgan fingerprint density at radius 1 is 1.03 bits per heavy atom. The second-order valence-electron chi connectivity index (χ2n) is 9.55. The predicted octanol–water partition coefficient (Wildman–Crippen LogP) is 2.36. The van der Waals surface area contributed by atoms with E-state index >= 15 is 0 Å². The molecule has 2 fully saturated rings. The van der Waals surface area contributed by atoms with E-state index < -0.39 is 23.4 Å². The summed E-state index contributed by atoms with van der Waals surface area (Å²) in [5.41, 5.74) is 1.21. The molecular weight excluding hydrogens is 450 g/mol. The fraction of sp³-hybridized carbons (Fsp3) is 0.423. The Labute approximate surface area is 203 Å². The van der Waals surface area contributed by atoms with Crippen LogP contribution in [0.3, 0.4) is 0 Å². The molecule has 0 aliphatic carbocycles. The number of fused-ring (bicyclic) bond motifs is 1. The van der Waals surface area contributed by atoms with Crippen LogP contribution in [0.25, 0.3) is 0 Å². The molecule has 3 aliphatic rings. The van der Waals surface area contributed by atoms with Crippen LogP contribution in [0.1, 0.15) is 36.5 Å². The zero-order valence-corrected chi connectivity index (χ0v) is 19.9. The average Bonchev–Trinajstić information content (AvgIpc) is 3.42. The summed E-state index contributed by atoms with van der Waals surface area (Å²) in [4.78, 5) is 39.7. The third-order valence-electron chi connectivity index (χ3n) is 7.26. The van der Waals surface area contributed by atoms with Crippen molar-refractivity contribution in [3.8, 4) is 11.5 Å². The first-order valence-corrected chi connectivity index (χ1v) is 11.8. The van der Waals surface area contributed by atoms with Crippen LogP contribution in [-0.2, 0) is 25.3 Å². The summed E-state index contributed by atoms with van der Waals surface area (Å²) in [5.74, 6) is 0.552. The zero-order valence-electron chi connectivity index (χ0n) is 19.9. The van der Waals surface area contributed by atoms with Gasteiger partial charge in [-0.3, -0.25) is 14.5 Å². The molecule has 4 amide bonds. The summed E-state index contributed by atoms with van der Waals surface area (Å²) in [6.07, 6.45) is 1.45. The molecule has 1 unspecified atom stereocenters. The van der Waals surface area contributed by atoms with Crippen LogP contribution in [0, 0.1) is 6.92 Å². The number of amides is 4. The van der Waals surface area contributed by atoms with Gasteiger partial charge < -0.3 is 24.8 Å². The van der Waals surface area contributed by atoms with E-state index in [1.54, 1.807) is 6.92 Å². The Balaban J connectivity index is 1.28. The number of nitrogens with zero attached hydrogens (tertiary/aromatic N) is 1. The van der Waals surface area contributed by atoms with Gasteiger partial charge in [0.2, 0.25) is 12.7 Å². The van der Waals surface area contributed by atoms with Crippen molar-refractivity contribution in [2.24, 2.45) is 0 Å². The van der Waals surface area contributed by atoms with Crippen molar-refractivity contribution >= 4 is 17.8 Å². The molecule has 9 nitrogen and oxygen atoms in total. The van der Waals surface area contributed by atoms with Gasteiger partial charge in [-0.25, -0.2) is 4.79 Å². The van der Waals surface area contributed by atoms with E-state index in [0.29, 0.717) is 36.8 Å². The summed E-state index contributed by atoms with van der Waals surface area (Å²) in [5, 5.41) is 5.71. The highest BCUT2D eigenvalue weighted by molar-refractivity contribution is 6.09. The number of carbonyl (C=O) groups excluding carboxylic acids is 3. The Morgan fingerprint density at radius 2 is 1.71 bits per heavy atom. The van der Waals surface area contributed by atoms with Gasteiger partial charge in [0.15, 0.2) is 11.5 Å². The molecule has 0 radical (unpaired) electrons. The molecule has 2 N–H and O–H groups in total. The molecule has 2 aromatic rings. The zero-order chi connectivity index (χ0) is 24.6. The highest BCUT2D eigenvalue weighted by atomic mass is 16.7. The number of carbonyl (C=O) groups is 3. The van der Waals surface area contributed by atoms with Gasteiger partial charge in [0.25, 0.3) is 5.91 Å². The first-order valence-electron chi connectivity index (χ1n) is 11.8. The molecule has 1 atom stereocenters. The van der Waals surface area contributed by atoms with Crippen LogP contribution in [-0.4, -0.2) is 55.8 Å². The quantitative estimate of drug-likeness (QED) is 0.616. The predicted molar refractivity (Wildman–Crippen MR) is 126 cm³/mol. The van der Waals surface area contributed by atoms with E-state index in [1.807, 2.05) is 49.4 Å². The minimum absolute atomic E-state index is 0.194. The van der Waals surface area contributed by atoms with Gasteiger partial charge in [0.1, 0.15) is 12.1 Å². The number of hydrogen-bond donors (Lipinski definition) is 2. The molecule has 9 heteroatoms. The summed E-state index contributed by atoms with van der Waals surface area (Å²) >= 11 is 0. The van der Waals surface area contributed by atoms with E-state index in [9.17, 15) is 14.4 Å². The van der Waals surface area contributed by atoms with E-state index in [-0.39, 0.29) is 18.8 Å². The SMILES string of the molecule is Cc1ccc(C2(C)NC(=O)N(CC(=O)NCC3(c4ccc5c(c4)OCO5)CCOCC3)C2=O)cc1. The average molecular weight is 480 g/mol. The smallest absolute Gasteiger partial charge is 0.325 e. The lowest BCUT2D eigenvalue weighted by Gasteiger charge is -2.38. The van der Waals surface area contributed by atoms with Crippen LogP contribution in [0.2, 0.25) is 0 Å². The third-order valence-corrected chi connectivity index (χ3v) is 7.26. The third kappa shape index (κ3) is 4.20. The van der Waals surface area contributed by atoms with Crippen molar-refractivity contribution < 1.29 is 28.6 Å². The molecule has 0 spiro atoms. The maximum atomic E-state index is 13.2. The van der Waals surface area contributed by atoms with E-state index in [1.165, 1.54) is 0 Å². The van der Waals surface area contributed by atoms with Gasteiger partial charge in [-0.1, -0.05) is 35.9 Å². The number of benzene rings is 2. The van der Waals surface area contributed by atoms with Crippen LogP contribution >= 0.6 is 0 Å². The maximum absolute atomic E-state index is 13.2. The standard InChI is InChI=1S/C26H29N3O6/c1-17-3-5-18(6-4-17)25(2)23(31)29(24(32)28-25)14-22(30)27-15-26(9-11-33-12-10-26)19-7-8-20-21(13-19)35-16-34-20/h3-8,13H,9-12,14-16H2,1-2H3,(H,27,30)(H,28,32). The molecule has 0 saturated carbocycles. The molecule has 184 valence electrons. The van der Waals surface area contributed by atoms with Gasteiger partial charge in [0.05, 0.1) is 0 Å². The van der Waals surface area contributed by atoms with Gasteiger partial charge >= 0.3 is 6.03 Å². The molecule has 3 heterocycles. The number of nitrogens with one attached hydrogen (secondary N) is 2. The van der Waals surface area contributed by atoms with Crippen LogP contribution in [0.5, 0.6) is 11.5 Å².